The van der Waals surface area contributed by atoms with Crippen molar-refractivity contribution in [2.24, 2.45) is 5.92 Å². The molecule has 2 aromatic rings. The summed E-state index contributed by atoms with van der Waals surface area (Å²) in [6.45, 7) is 3.62. The Morgan fingerprint density at radius 2 is 1.85 bits per heavy atom. The van der Waals surface area contributed by atoms with Crippen molar-refractivity contribution in [3.63, 3.8) is 0 Å². The van der Waals surface area contributed by atoms with Gasteiger partial charge in [-0.15, -0.1) is 0 Å². The lowest BCUT2D eigenvalue weighted by Crippen LogP contribution is -2.55. The molecule has 0 aliphatic carbocycles. The smallest absolute Gasteiger partial charge is 0.323 e. The first kappa shape index (κ1) is 24.3. The summed E-state index contributed by atoms with van der Waals surface area (Å²) in [7, 11) is 0. The SMILES string of the molecule is CC(C)COC(=O)C(CCc1ccccc1)N[C@H]1COc2ccccc2N(CC(=O)O)C1=O. The number of ether oxygens (including phenoxy) is 2. The molecular weight excluding hydrogens is 424 g/mol. The summed E-state index contributed by atoms with van der Waals surface area (Å²) in [6, 6.07) is 14.9. The number of carbonyl (C=O) groups is 3. The number of hydrogen-bond acceptors (Lipinski definition) is 6. The van der Waals surface area contributed by atoms with E-state index in [9.17, 15) is 19.5 Å². The van der Waals surface area contributed by atoms with Crippen LogP contribution in [0.15, 0.2) is 54.6 Å². The Morgan fingerprint density at radius 1 is 1.15 bits per heavy atom. The van der Waals surface area contributed by atoms with Crippen LogP contribution >= 0.6 is 0 Å². The van der Waals surface area contributed by atoms with Crippen LogP contribution in [0.3, 0.4) is 0 Å². The maximum atomic E-state index is 13.3. The predicted molar refractivity (Wildman–Crippen MR) is 123 cm³/mol. The van der Waals surface area contributed by atoms with Gasteiger partial charge in [-0.2, -0.15) is 0 Å². The van der Waals surface area contributed by atoms with Gasteiger partial charge in [-0.1, -0.05) is 56.3 Å². The van der Waals surface area contributed by atoms with Gasteiger partial charge in [0.15, 0.2) is 0 Å². The molecule has 1 aliphatic rings. The van der Waals surface area contributed by atoms with Crippen molar-refractivity contribution in [1.29, 1.82) is 0 Å². The minimum absolute atomic E-state index is 0.0364. The highest BCUT2D eigenvalue weighted by Crippen LogP contribution is 2.31. The van der Waals surface area contributed by atoms with E-state index in [2.05, 4.69) is 5.32 Å². The van der Waals surface area contributed by atoms with E-state index in [1.165, 1.54) is 4.90 Å². The van der Waals surface area contributed by atoms with Gasteiger partial charge in [-0.05, 0) is 36.5 Å². The molecule has 0 radical (unpaired) electrons. The summed E-state index contributed by atoms with van der Waals surface area (Å²) in [6.07, 6.45) is 1.02. The van der Waals surface area contributed by atoms with Gasteiger partial charge < -0.3 is 14.6 Å². The second-order valence-electron chi connectivity index (χ2n) is 8.42. The highest BCUT2D eigenvalue weighted by atomic mass is 16.5. The maximum absolute atomic E-state index is 13.3. The van der Waals surface area contributed by atoms with E-state index < -0.39 is 36.5 Å². The average molecular weight is 455 g/mol. The second kappa shape index (κ2) is 11.5. The van der Waals surface area contributed by atoms with E-state index in [0.29, 0.717) is 24.3 Å². The zero-order valence-electron chi connectivity index (χ0n) is 18.9. The van der Waals surface area contributed by atoms with Gasteiger partial charge in [0.25, 0.3) is 0 Å². The van der Waals surface area contributed by atoms with Crippen LogP contribution in [-0.4, -0.2) is 54.8 Å². The summed E-state index contributed by atoms with van der Waals surface area (Å²) >= 11 is 0. The van der Waals surface area contributed by atoms with Crippen molar-refractivity contribution >= 4 is 23.5 Å². The minimum Gasteiger partial charge on any atom is -0.489 e. The average Bonchev–Trinajstić information content (AvgIpc) is 2.92. The van der Waals surface area contributed by atoms with Crippen LogP contribution < -0.4 is 15.0 Å². The lowest BCUT2D eigenvalue weighted by atomic mass is 10.0. The molecule has 33 heavy (non-hydrogen) atoms. The third-order valence-electron chi connectivity index (χ3n) is 5.23. The lowest BCUT2D eigenvalue weighted by molar-refractivity contribution is -0.148. The van der Waals surface area contributed by atoms with Crippen molar-refractivity contribution in [2.75, 3.05) is 24.7 Å². The zero-order valence-corrected chi connectivity index (χ0v) is 18.9. The molecule has 8 heteroatoms. The number of carboxylic acids is 1. The van der Waals surface area contributed by atoms with Crippen molar-refractivity contribution in [3.05, 3.63) is 60.2 Å². The van der Waals surface area contributed by atoms with Gasteiger partial charge in [0.2, 0.25) is 5.91 Å². The summed E-state index contributed by atoms with van der Waals surface area (Å²) in [5.41, 5.74) is 1.45. The molecule has 2 atom stereocenters. The Hall–Kier alpha value is -3.39. The van der Waals surface area contributed by atoms with E-state index in [1.54, 1.807) is 24.3 Å². The van der Waals surface area contributed by atoms with Crippen molar-refractivity contribution < 1.29 is 29.0 Å². The number of nitrogens with one attached hydrogen (secondary N) is 1. The fraction of sp³-hybridized carbons (Fsp3) is 0.400. The number of amides is 1. The minimum atomic E-state index is -1.14. The van der Waals surface area contributed by atoms with E-state index in [0.717, 1.165) is 5.56 Å². The molecule has 1 aliphatic heterocycles. The number of fused-ring (bicyclic) bond motifs is 1. The molecule has 1 amide bonds. The third-order valence-corrected chi connectivity index (χ3v) is 5.23. The highest BCUT2D eigenvalue weighted by Gasteiger charge is 2.35. The van der Waals surface area contributed by atoms with Crippen LogP contribution in [0.2, 0.25) is 0 Å². The van der Waals surface area contributed by atoms with Gasteiger partial charge in [0.05, 0.1) is 12.3 Å². The summed E-state index contributed by atoms with van der Waals surface area (Å²) in [4.78, 5) is 38.8. The Balaban J connectivity index is 1.79. The van der Waals surface area contributed by atoms with Gasteiger partial charge in [0, 0.05) is 0 Å². The number of nitrogens with zero attached hydrogens (tertiary/aromatic N) is 1. The Kier molecular flexibility index (Phi) is 8.43. The van der Waals surface area contributed by atoms with E-state index in [1.807, 2.05) is 44.2 Å². The van der Waals surface area contributed by atoms with Gasteiger partial charge in [-0.25, -0.2) is 0 Å². The molecule has 2 aromatic carbocycles. The fourth-order valence-corrected chi connectivity index (χ4v) is 3.59. The summed E-state index contributed by atoms with van der Waals surface area (Å²) in [5.74, 6) is -1.47. The summed E-state index contributed by atoms with van der Waals surface area (Å²) < 4.78 is 11.3. The topological polar surface area (TPSA) is 105 Å². The van der Waals surface area contributed by atoms with Crippen molar-refractivity contribution in [3.8, 4) is 5.75 Å². The number of rotatable bonds is 10. The van der Waals surface area contributed by atoms with Crippen LogP contribution in [0.1, 0.15) is 25.8 Å². The number of esters is 1. The number of aryl methyl sites for hydroxylation is 1. The molecule has 0 aromatic heterocycles. The first-order valence-electron chi connectivity index (χ1n) is 11.1. The standard InChI is InChI=1S/C25H30N2O6/c1-17(2)15-33-25(31)19(13-12-18-8-4-3-5-9-18)26-20-16-32-22-11-7-6-10-21(22)27(24(20)30)14-23(28)29/h3-11,17,19-20,26H,12-16H2,1-2H3,(H,28,29)/t19?,20-/m0/s1. The number of carbonyl (C=O) groups excluding carboxylic acids is 2. The second-order valence-corrected chi connectivity index (χ2v) is 8.42. The highest BCUT2D eigenvalue weighted by molar-refractivity contribution is 6.02. The molecular formula is C25H30N2O6. The van der Waals surface area contributed by atoms with Crippen LogP contribution in [-0.2, 0) is 25.5 Å². The maximum Gasteiger partial charge on any atom is 0.323 e. The van der Waals surface area contributed by atoms with E-state index >= 15 is 0 Å². The first-order chi connectivity index (χ1) is 15.8. The lowest BCUT2D eigenvalue weighted by Gasteiger charge is -2.26. The quantitative estimate of drug-likeness (QED) is 0.532. The number of carboxylic acid groups (broad SMARTS) is 1. The largest absolute Gasteiger partial charge is 0.489 e. The summed E-state index contributed by atoms with van der Waals surface area (Å²) in [5, 5.41) is 12.5. The molecule has 0 saturated carbocycles. The molecule has 8 nitrogen and oxygen atoms in total. The number of anilines is 1. The Morgan fingerprint density at radius 3 is 2.55 bits per heavy atom. The monoisotopic (exact) mass is 454 g/mol. The number of benzene rings is 2. The van der Waals surface area contributed by atoms with Crippen LogP contribution in [0.25, 0.3) is 0 Å². The van der Waals surface area contributed by atoms with Gasteiger partial charge in [0.1, 0.15) is 31.0 Å². The molecule has 1 unspecified atom stereocenters. The Bertz CT molecular complexity index is 962. The van der Waals surface area contributed by atoms with E-state index in [-0.39, 0.29) is 19.1 Å². The molecule has 1 heterocycles. The van der Waals surface area contributed by atoms with Crippen LogP contribution in [0.4, 0.5) is 5.69 Å². The van der Waals surface area contributed by atoms with E-state index in [4.69, 9.17) is 9.47 Å². The fourth-order valence-electron chi connectivity index (χ4n) is 3.59. The van der Waals surface area contributed by atoms with Crippen molar-refractivity contribution in [1.82, 2.24) is 5.32 Å². The molecule has 0 bridgehead atoms. The molecule has 3 rings (SSSR count). The van der Waals surface area contributed by atoms with Crippen molar-refractivity contribution in [2.45, 2.75) is 38.8 Å². The van der Waals surface area contributed by atoms with Gasteiger partial charge >= 0.3 is 11.9 Å². The van der Waals surface area contributed by atoms with Crippen LogP contribution in [0.5, 0.6) is 5.75 Å². The first-order valence-corrected chi connectivity index (χ1v) is 11.1. The number of hydrogen-bond donors (Lipinski definition) is 2. The normalized spacial score (nSPS) is 16.5. The van der Waals surface area contributed by atoms with Crippen LogP contribution in [0, 0.1) is 5.92 Å². The Labute approximate surface area is 193 Å². The molecule has 0 fully saturated rings. The molecule has 176 valence electrons. The molecule has 2 N–H and O–H groups in total. The molecule has 0 spiro atoms. The molecule has 0 saturated heterocycles. The predicted octanol–water partition coefficient (Wildman–Crippen LogP) is 2.66. The number of aliphatic carboxylic acids is 1. The van der Waals surface area contributed by atoms with Gasteiger partial charge in [-0.3, -0.25) is 24.6 Å². The zero-order chi connectivity index (χ0) is 23.8. The number of para-hydroxylation sites is 2. The third kappa shape index (κ3) is 6.79.